The van der Waals surface area contributed by atoms with Crippen LogP contribution < -0.4 is 0 Å². The number of hydrogen-bond donors (Lipinski definition) is 0. The maximum absolute atomic E-state index is 12.5. The third-order valence-corrected chi connectivity index (χ3v) is 3.50. The molecule has 0 saturated carbocycles. The first kappa shape index (κ1) is 15.0. The molecule has 0 bridgehead atoms. The third-order valence-electron chi connectivity index (χ3n) is 3.11. The van der Waals surface area contributed by atoms with Crippen LogP contribution in [-0.4, -0.2) is 0 Å². The molecule has 1 unspecified atom stereocenters. The Morgan fingerprint density at radius 1 is 1.15 bits per heavy atom. The largest absolute Gasteiger partial charge is 0.466 e. The molecule has 1 aromatic heterocycles. The summed E-state index contributed by atoms with van der Waals surface area (Å²) in [5, 5.41) is -0.316. The highest BCUT2D eigenvalue weighted by atomic mass is 35.5. The first-order valence-corrected chi connectivity index (χ1v) is 6.58. The van der Waals surface area contributed by atoms with E-state index in [-0.39, 0.29) is 5.38 Å². The van der Waals surface area contributed by atoms with Crippen molar-refractivity contribution in [3.05, 3.63) is 58.5 Å². The highest BCUT2D eigenvalue weighted by molar-refractivity contribution is 6.21. The van der Waals surface area contributed by atoms with E-state index in [1.807, 2.05) is 19.9 Å². The second-order valence-corrected chi connectivity index (χ2v) is 5.26. The minimum Gasteiger partial charge on any atom is -0.466 e. The van der Waals surface area contributed by atoms with Crippen molar-refractivity contribution in [2.24, 2.45) is 0 Å². The number of benzene rings is 1. The molecule has 0 amide bonds. The zero-order valence-corrected chi connectivity index (χ0v) is 11.8. The predicted molar refractivity (Wildman–Crippen MR) is 71.9 cm³/mol. The van der Waals surface area contributed by atoms with Crippen molar-refractivity contribution in [1.82, 2.24) is 0 Å². The SMILES string of the molecule is Cc1cc(C(Cl)Cc2ccc(C(F)(F)F)cc2)c(C)o1. The van der Waals surface area contributed by atoms with Crippen molar-refractivity contribution in [2.75, 3.05) is 0 Å². The number of furan rings is 1. The zero-order valence-electron chi connectivity index (χ0n) is 11.1. The summed E-state index contributed by atoms with van der Waals surface area (Å²) in [6.45, 7) is 3.66. The Morgan fingerprint density at radius 3 is 2.20 bits per heavy atom. The molecule has 1 aromatic carbocycles. The number of rotatable bonds is 3. The summed E-state index contributed by atoms with van der Waals surface area (Å²) in [7, 11) is 0. The lowest BCUT2D eigenvalue weighted by Gasteiger charge is -2.10. The highest BCUT2D eigenvalue weighted by Gasteiger charge is 2.30. The monoisotopic (exact) mass is 302 g/mol. The summed E-state index contributed by atoms with van der Waals surface area (Å²) in [5.74, 6) is 1.52. The zero-order chi connectivity index (χ0) is 14.9. The van der Waals surface area contributed by atoms with E-state index in [1.165, 1.54) is 12.1 Å². The molecule has 5 heteroatoms. The number of alkyl halides is 4. The van der Waals surface area contributed by atoms with E-state index in [0.29, 0.717) is 6.42 Å². The highest BCUT2D eigenvalue weighted by Crippen LogP contribution is 2.32. The molecule has 0 aliphatic rings. The van der Waals surface area contributed by atoms with Gasteiger partial charge in [0.25, 0.3) is 0 Å². The first-order chi connectivity index (χ1) is 9.27. The van der Waals surface area contributed by atoms with E-state index in [1.54, 1.807) is 0 Å². The molecule has 0 aliphatic heterocycles. The van der Waals surface area contributed by atoms with Crippen LogP contribution in [0.15, 0.2) is 34.7 Å². The van der Waals surface area contributed by atoms with Crippen molar-refractivity contribution in [3.63, 3.8) is 0 Å². The summed E-state index contributed by atoms with van der Waals surface area (Å²) in [6, 6.07) is 6.93. The minimum atomic E-state index is -4.31. The van der Waals surface area contributed by atoms with Crippen LogP contribution in [0.2, 0.25) is 0 Å². The van der Waals surface area contributed by atoms with E-state index < -0.39 is 11.7 Å². The van der Waals surface area contributed by atoms with Crippen LogP contribution in [0.5, 0.6) is 0 Å². The molecule has 2 aromatic rings. The van der Waals surface area contributed by atoms with Gasteiger partial charge in [0, 0.05) is 5.56 Å². The number of halogens is 4. The summed E-state index contributed by atoms with van der Waals surface area (Å²) in [6.07, 6.45) is -3.85. The predicted octanol–water partition coefficient (Wildman–Crippen LogP) is 5.44. The Kier molecular flexibility index (Phi) is 4.14. The third kappa shape index (κ3) is 3.37. The van der Waals surface area contributed by atoms with Crippen molar-refractivity contribution in [1.29, 1.82) is 0 Å². The van der Waals surface area contributed by atoms with Gasteiger partial charge in [-0.3, -0.25) is 0 Å². The van der Waals surface area contributed by atoms with Gasteiger partial charge >= 0.3 is 6.18 Å². The molecule has 1 nitrogen and oxygen atoms in total. The summed E-state index contributed by atoms with van der Waals surface area (Å²) in [4.78, 5) is 0. The van der Waals surface area contributed by atoms with Crippen LogP contribution >= 0.6 is 11.6 Å². The number of aryl methyl sites for hydroxylation is 2. The molecule has 1 heterocycles. The van der Waals surface area contributed by atoms with Crippen LogP contribution in [0.1, 0.15) is 33.6 Å². The fourth-order valence-corrected chi connectivity index (χ4v) is 2.50. The topological polar surface area (TPSA) is 13.1 Å². The fraction of sp³-hybridized carbons (Fsp3) is 0.333. The summed E-state index contributed by atoms with van der Waals surface area (Å²) < 4.78 is 42.8. The van der Waals surface area contributed by atoms with E-state index in [0.717, 1.165) is 34.8 Å². The van der Waals surface area contributed by atoms with Crippen LogP contribution in [0, 0.1) is 13.8 Å². The Bertz CT molecular complexity index is 584. The molecular weight excluding hydrogens is 289 g/mol. The summed E-state index contributed by atoms with van der Waals surface area (Å²) >= 11 is 6.31. The van der Waals surface area contributed by atoms with Crippen LogP contribution in [0.25, 0.3) is 0 Å². The first-order valence-electron chi connectivity index (χ1n) is 6.14. The summed E-state index contributed by atoms with van der Waals surface area (Å²) in [5.41, 5.74) is 0.989. The van der Waals surface area contributed by atoms with Gasteiger partial charge in [-0.25, -0.2) is 0 Å². The van der Waals surface area contributed by atoms with Crippen LogP contribution in [-0.2, 0) is 12.6 Å². The standard InChI is InChI=1S/C15H14ClF3O/c1-9-7-13(10(2)20-9)14(16)8-11-3-5-12(6-4-11)15(17,18)19/h3-7,14H,8H2,1-2H3. The lowest BCUT2D eigenvalue weighted by molar-refractivity contribution is -0.137. The van der Waals surface area contributed by atoms with Gasteiger partial charge in [-0.2, -0.15) is 13.2 Å². The quantitative estimate of drug-likeness (QED) is 0.688. The van der Waals surface area contributed by atoms with E-state index in [9.17, 15) is 13.2 Å². The Morgan fingerprint density at radius 2 is 1.75 bits per heavy atom. The maximum Gasteiger partial charge on any atom is 0.416 e. The van der Waals surface area contributed by atoms with E-state index >= 15 is 0 Å². The van der Waals surface area contributed by atoms with Crippen molar-refractivity contribution >= 4 is 11.6 Å². The fourth-order valence-electron chi connectivity index (χ4n) is 2.11. The molecule has 0 N–H and O–H groups in total. The lowest BCUT2D eigenvalue weighted by Crippen LogP contribution is -2.05. The van der Waals surface area contributed by atoms with Gasteiger partial charge < -0.3 is 4.42 Å². The van der Waals surface area contributed by atoms with Crippen molar-refractivity contribution in [3.8, 4) is 0 Å². The molecule has 0 aliphatic carbocycles. The lowest BCUT2D eigenvalue weighted by atomic mass is 10.0. The molecule has 1 atom stereocenters. The molecule has 0 fully saturated rings. The van der Waals surface area contributed by atoms with Crippen LogP contribution in [0.4, 0.5) is 13.2 Å². The second kappa shape index (κ2) is 5.52. The van der Waals surface area contributed by atoms with E-state index in [2.05, 4.69) is 0 Å². The molecular formula is C15H14ClF3O. The average Bonchev–Trinajstić information content (AvgIpc) is 2.68. The van der Waals surface area contributed by atoms with Gasteiger partial charge in [0.15, 0.2) is 0 Å². The Balaban J connectivity index is 2.12. The van der Waals surface area contributed by atoms with Gasteiger partial charge in [-0.05, 0) is 44.0 Å². The van der Waals surface area contributed by atoms with Crippen molar-refractivity contribution < 1.29 is 17.6 Å². The average molecular weight is 303 g/mol. The number of hydrogen-bond acceptors (Lipinski definition) is 1. The maximum atomic E-state index is 12.5. The smallest absolute Gasteiger partial charge is 0.416 e. The van der Waals surface area contributed by atoms with Gasteiger partial charge in [0.05, 0.1) is 10.9 Å². The molecule has 0 spiro atoms. The van der Waals surface area contributed by atoms with Gasteiger partial charge in [-0.1, -0.05) is 12.1 Å². The molecule has 20 heavy (non-hydrogen) atoms. The van der Waals surface area contributed by atoms with Gasteiger partial charge in [0.2, 0.25) is 0 Å². The van der Waals surface area contributed by atoms with Gasteiger partial charge in [0.1, 0.15) is 11.5 Å². The van der Waals surface area contributed by atoms with E-state index in [4.69, 9.17) is 16.0 Å². The molecule has 108 valence electrons. The Labute approximate surface area is 120 Å². The van der Waals surface area contributed by atoms with Crippen molar-refractivity contribution in [2.45, 2.75) is 31.8 Å². The second-order valence-electron chi connectivity index (χ2n) is 4.73. The molecule has 0 saturated heterocycles. The van der Waals surface area contributed by atoms with Gasteiger partial charge in [-0.15, -0.1) is 11.6 Å². The molecule has 0 radical (unpaired) electrons. The molecule has 2 rings (SSSR count). The van der Waals surface area contributed by atoms with Crippen LogP contribution in [0.3, 0.4) is 0 Å². The minimum absolute atomic E-state index is 0.316. The normalized spacial score (nSPS) is 13.5. The Hall–Kier alpha value is -1.42.